The van der Waals surface area contributed by atoms with Crippen LogP contribution in [0.15, 0.2) is 170 Å². The highest BCUT2D eigenvalue weighted by Gasteiger charge is 2.50. The molecule has 9 aromatic carbocycles. The summed E-state index contributed by atoms with van der Waals surface area (Å²) in [5.41, 5.74) is 33.3. The molecule has 0 N–H and O–H groups in total. The quantitative estimate of drug-likeness (QED) is 0.141. The number of aryl methyl sites for hydroxylation is 1. The first-order valence-electron chi connectivity index (χ1n) is 36.9. The Morgan fingerprint density at radius 2 is 0.633 bits per heavy atom. The second-order valence-electron chi connectivity index (χ2n) is 38.6. The first-order chi connectivity index (χ1) is 45.4. The molecule has 506 valence electrons. The largest absolute Gasteiger partial charge is 0.311 e. The summed E-state index contributed by atoms with van der Waals surface area (Å²) in [6.07, 6.45) is 4.44. The number of hydrogen-bond donors (Lipinski definition) is 0. The predicted octanol–water partition coefficient (Wildman–Crippen LogP) is 24.5. The van der Waals surface area contributed by atoms with Gasteiger partial charge in [0.1, 0.15) is 0 Å². The van der Waals surface area contributed by atoms with Gasteiger partial charge in [0.05, 0.1) is 5.69 Å². The second kappa shape index (κ2) is 22.1. The van der Waals surface area contributed by atoms with E-state index in [4.69, 9.17) is 0 Å². The Morgan fingerprint density at radius 1 is 0.296 bits per heavy atom. The Labute approximate surface area is 591 Å². The summed E-state index contributed by atoms with van der Waals surface area (Å²) in [4.78, 5) is 10.6. The standard InChI is InChI=1S/C93H111BN4/c1-58-48-71-74(89(16,17)47-46-88(71,14)15)54-78(58)98-79-50-68(95(63-34-26-59(27-35-63)84(2,3)4)64-36-28-60(29-37-64)85(5,6)7)43-45-76(79)94-77-53-73-75(93(24,25)57-92(73,22)23)55-80(77)97(67-42-44-70-72(49-67)91(20,21)56-90(70,18)19)81-51-69(52-82(98)83(81)94)96(65-38-30-61(31-39-65)86(8,9)10)66-40-32-62(33-41-66)87(11,12)13/h26-45,48-55H,46-47,56-57H2,1-25H3. The molecule has 5 aliphatic rings. The molecule has 0 radical (unpaired) electrons. The molecular weight excluding hydrogens is 1180 g/mol. The highest BCUT2D eigenvalue weighted by molar-refractivity contribution is 7.00. The van der Waals surface area contributed by atoms with E-state index in [1.165, 1.54) is 112 Å². The van der Waals surface area contributed by atoms with Crippen molar-refractivity contribution in [3.8, 4) is 0 Å². The maximum atomic E-state index is 2.76. The van der Waals surface area contributed by atoms with Gasteiger partial charge in [0.2, 0.25) is 0 Å². The van der Waals surface area contributed by atoms with Gasteiger partial charge in [-0.05, 0) is 261 Å². The molecule has 0 saturated heterocycles. The molecule has 2 aliphatic heterocycles. The molecule has 0 bridgehead atoms. The molecule has 0 unspecified atom stereocenters. The molecule has 0 atom stereocenters. The average Bonchev–Trinajstić information content (AvgIpc) is 0.974. The molecule has 9 aromatic rings. The third-order valence-electron chi connectivity index (χ3n) is 24.0. The van der Waals surface area contributed by atoms with Gasteiger partial charge in [-0.15, -0.1) is 0 Å². The van der Waals surface area contributed by atoms with Gasteiger partial charge in [-0.25, -0.2) is 0 Å². The van der Waals surface area contributed by atoms with E-state index in [1.807, 2.05) is 0 Å². The van der Waals surface area contributed by atoms with E-state index in [-0.39, 0.29) is 60.9 Å². The first kappa shape index (κ1) is 67.4. The highest BCUT2D eigenvalue weighted by Crippen LogP contribution is 2.58. The van der Waals surface area contributed by atoms with Crippen LogP contribution >= 0.6 is 0 Å². The molecule has 98 heavy (non-hydrogen) atoms. The van der Waals surface area contributed by atoms with Crippen LogP contribution in [0.4, 0.5) is 68.2 Å². The minimum Gasteiger partial charge on any atom is -0.311 e. The van der Waals surface area contributed by atoms with Crippen molar-refractivity contribution < 1.29 is 0 Å². The Morgan fingerprint density at radius 3 is 1.07 bits per heavy atom. The molecule has 0 aromatic heterocycles. The van der Waals surface area contributed by atoms with Crippen LogP contribution in [0.5, 0.6) is 0 Å². The zero-order valence-electron chi connectivity index (χ0n) is 64.4. The number of benzene rings is 9. The van der Waals surface area contributed by atoms with Gasteiger partial charge in [-0.1, -0.05) is 239 Å². The number of fused-ring (bicyclic) bond motifs is 7. The van der Waals surface area contributed by atoms with Gasteiger partial charge >= 0.3 is 0 Å². The van der Waals surface area contributed by atoms with E-state index < -0.39 is 0 Å². The van der Waals surface area contributed by atoms with E-state index in [0.29, 0.717) is 0 Å². The van der Waals surface area contributed by atoms with Crippen LogP contribution < -0.4 is 36.0 Å². The van der Waals surface area contributed by atoms with Gasteiger partial charge in [0.25, 0.3) is 6.71 Å². The SMILES string of the molecule is Cc1cc2c(cc1N1c3cc(N(c4ccc(C(C)(C)C)cc4)c4ccc(C(C)(C)C)cc4)ccc3B3c4cc5c(cc4N(c4ccc6c(c4)C(C)(C)CC6(C)C)c4cc(N(c6ccc(C(C)(C)C)cc6)c6ccc(C(C)(C)C)cc6)cc1c43)C(C)(C)CC5(C)C)C(C)(C)CCC2(C)C. The Kier molecular flexibility index (Phi) is 15.2. The topological polar surface area (TPSA) is 13.0 Å². The Hall–Kier alpha value is -7.76. The summed E-state index contributed by atoms with van der Waals surface area (Å²) >= 11 is 0. The number of rotatable bonds is 8. The molecule has 0 saturated carbocycles. The molecule has 5 heteroatoms. The van der Waals surface area contributed by atoms with Crippen molar-refractivity contribution in [1.29, 1.82) is 0 Å². The van der Waals surface area contributed by atoms with Crippen LogP contribution in [0.3, 0.4) is 0 Å². The second-order valence-corrected chi connectivity index (χ2v) is 38.6. The lowest BCUT2D eigenvalue weighted by atomic mass is 9.33. The van der Waals surface area contributed by atoms with Crippen LogP contribution in [-0.4, -0.2) is 6.71 Å². The smallest absolute Gasteiger partial charge is 0.252 e. The summed E-state index contributed by atoms with van der Waals surface area (Å²) in [7, 11) is 0. The average molecular weight is 1300 g/mol. The molecule has 0 fully saturated rings. The van der Waals surface area contributed by atoms with Gasteiger partial charge < -0.3 is 19.6 Å². The van der Waals surface area contributed by atoms with E-state index >= 15 is 0 Å². The van der Waals surface area contributed by atoms with Crippen molar-refractivity contribution in [3.05, 3.63) is 231 Å². The zero-order valence-corrected chi connectivity index (χ0v) is 64.4. The van der Waals surface area contributed by atoms with Crippen LogP contribution in [0.1, 0.15) is 253 Å². The van der Waals surface area contributed by atoms with Gasteiger partial charge in [-0.3, -0.25) is 0 Å². The van der Waals surface area contributed by atoms with Gasteiger partial charge in [0.15, 0.2) is 0 Å². The van der Waals surface area contributed by atoms with Crippen LogP contribution in [0.2, 0.25) is 0 Å². The fourth-order valence-electron chi connectivity index (χ4n) is 18.6. The van der Waals surface area contributed by atoms with Gasteiger partial charge in [0, 0.05) is 62.6 Å². The van der Waals surface area contributed by atoms with Crippen molar-refractivity contribution in [2.24, 2.45) is 0 Å². The minimum atomic E-state index is -0.125. The van der Waals surface area contributed by atoms with E-state index in [2.05, 4.69) is 363 Å². The van der Waals surface area contributed by atoms with Crippen molar-refractivity contribution in [3.63, 3.8) is 0 Å². The lowest BCUT2D eigenvalue weighted by Gasteiger charge is -2.47. The maximum Gasteiger partial charge on any atom is 0.252 e. The van der Waals surface area contributed by atoms with Crippen molar-refractivity contribution in [2.75, 3.05) is 19.6 Å². The number of anilines is 12. The van der Waals surface area contributed by atoms with Crippen molar-refractivity contribution >= 4 is 91.3 Å². The molecule has 3 aliphatic carbocycles. The fraction of sp³-hybridized carbons (Fsp3) is 0.419. The van der Waals surface area contributed by atoms with Gasteiger partial charge in [-0.2, -0.15) is 0 Å². The third-order valence-corrected chi connectivity index (χ3v) is 24.0. The summed E-state index contributed by atoms with van der Waals surface area (Å²) in [5, 5.41) is 0. The summed E-state index contributed by atoms with van der Waals surface area (Å²) < 4.78 is 0. The molecular formula is C93H111BN4. The highest BCUT2D eigenvalue weighted by atomic mass is 15.2. The number of nitrogens with zero attached hydrogens (tertiary/aromatic N) is 4. The van der Waals surface area contributed by atoms with E-state index in [1.54, 1.807) is 0 Å². The molecule has 14 rings (SSSR count). The Bertz CT molecular complexity index is 4540. The van der Waals surface area contributed by atoms with Crippen LogP contribution in [0.25, 0.3) is 0 Å². The zero-order chi connectivity index (χ0) is 70.5. The summed E-state index contributed by atoms with van der Waals surface area (Å²) in [5.74, 6) is 0. The van der Waals surface area contributed by atoms with E-state index in [0.717, 1.165) is 59.8 Å². The monoisotopic (exact) mass is 1290 g/mol. The molecule has 2 heterocycles. The fourth-order valence-corrected chi connectivity index (χ4v) is 18.6. The minimum absolute atomic E-state index is 0.00200. The first-order valence-corrected chi connectivity index (χ1v) is 36.9. The molecule has 0 amide bonds. The number of hydrogen-bond acceptors (Lipinski definition) is 4. The summed E-state index contributed by atoms with van der Waals surface area (Å²) in [6.45, 7) is 60.0. The molecule has 4 nitrogen and oxygen atoms in total. The van der Waals surface area contributed by atoms with Crippen molar-refractivity contribution in [2.45, 2.75) is 253 Å². The van der Waals surface area contributed by atoms with Crippen LogP contribution in [0, 0.1) is 6.92 Å². The molecule has 0 spiro atoms. The lowest BCUT2D eigenvalue weighted by Crippen LogP contribution is -2.61. The predicted molar refractivity (Wildman–Crippen MR) is 426 cm³/mol. The maximum absolute atomic E-state index is 2.76. The Balaban J connectivity index is 1.14. The third kappa shape index (κ3) is 11.2. The van der Waals surface area contributed by atoms with Crippen molar-refractivity contribution in [1.82, 2.24) is 0 Å². The summed E-state index contributed by atoms with van der Waals surface area (Å²) in [6, 6.07) is 68.8. The normalized spacial score (nSPS) is 18.1. The van der Waals surface area contributed by atoms with Crippen LogP contribution in [-0.2, 0) is 54.1 Å². The van der Waals surface area contributed by atoms with E-state index in [9.17, 15) is 0 Å². The lowest BCUT2D eigenvalue weighted by molar-refractivity contribution is 0.332.